The summed E-state index contributed by atoms with van der Waals surface area (Å²) >= 11 is 9.21. The van der Waals surface area contributed by atoms with Gasteiger partial charge in [-0.3, -0.25) is 14.3 Å². The van der Waals surface area contributed by atoms with Gasteiger partial charge in [-0.05, 0) is 34.1 Å². The van der Waals surface area contributed by atoms with Crippen LogP contribution in [0.1, 0.15) is 10.4 Å². The first-order valence-electron chi connectivity index (χ1n) is 5.99. The van der Waals surface area contributed by atoms with Gasteiger partial charge in [-0.2, -0.15) is 5.10 Å². The third-order valence-corrected chi connectivity index (χ3v) is 3.89. The molecule has 0 radical (unpaired) electrons. The highest BCUT2D eigenvalue weighted by Crippen LogP contribution is 2.23. The highest BCUT2D eigenvalue weighted by atomic mass is 79.9. The Bertz CT molecular complexity index is 687. The Morgan fingerprint density at radius 1 is 1.43 bits per heavy atom. The van der Waals surface area contributed by atoms with Gasteiger partial charge in [0.1, 0.15) is 6.54 Å². The summed E-state index contributed by atoms with van der Waals surface area (Å²) in [5, 5.41) is 9.63. The molecule has 1 aromatic heterocycles. The zero-order valence-electron chi connectivity index (χ0n) is 11.1. The summed E-state index contributed by atoms with van der Waals surface area (Å²) in [4.78, 5) is 23.3. The molecule has 21 heavy (non-hydrogen) atoms. The largest absolute Gasteiger partial charge is 0.358 e. The lowest BCUT2D eigenvalue weighted by Gasteiger charge is -2.04. The minimum absolute atomic E-state index is 0.0937. The predicted molar refractivity (Wildman–Crippen MR) is 83.4 cm³/mol. The molecule has 0 bridgehead atoms. The van der Waals surface area contributed by atoms with Crippen molar-refractivity contribution in [1.82, 2.24) is 15.1 Å². The van der Waals surface area contributed by atoms with Crippen LogP contribution in [-0.2, 0) is 11.3 Å². The number of carbonyl (C=O) groups excluding carboxylic acids is 2. The Labute approximate surface area is 134 Å². The van der Waals surface area contributed by atoms with Crippen molar-refractivity contribution in [2.24, 2.45) is 0 Å². The minimum Gasteiger partial charge on any atom is -0.358 e. The molecule has 0 unspecified atom stereocenters. The SMILES string of the molecule is CNC(=O)Cn1cc(NC(=O)c2ccc(Br)c(Cl)c2)cn1. The first-order chi connectivity index (χ1) is 9.99. The first kappa shape index (κ1) is 15.5. The van der Waals surface area contributed by atoms with Gasteiger partial charge in [0.05, 0.1) is 16.9 Å². The molecule has 1 aromatic carbocycles. The average molecular weight is 372 g/mol. The van der Waals surface area contributed by atoms with E-state index in [2.05, 4.69) is 31.7 Å². The number of benzene rings is 1. The summed E-state index contributed by atoms with van der Waals surface area (Å²) in [5.74, 6) is -0.473. The van der Waals surface area contributed by atoms with Crippen LogP contribution in [0.15, 0.2) is 35.1 Å². The summed E-state index contributed by atoms with van der Waals surface area (Å²) < 4.78 is 2.15. The molecule has 2 amide bonds. The molecule has 2 N–H and O–H groups in total. The van der Waals surface area contributed by atoms with Gasteiger partial charge >= 0.3 is 0 Å². The molecule has 0 aliphatic heterocycles. The lowest BCUT2D eigenvalue weighted by atomic mass is 10.2. The molecule has 0 atom stereocenters. The van der Waals surface area contributed by atoms with Crippen molar-refractivity contribution in [2.75, 3.05) is 12.4 Å². The molecule has 0 saturated carbocycles. The minimum atomic E-state index is -0.302. The van der Waals surface area contributed by atoms with E-state index >= 15 is 0 Å². The van der Waals surface area contributed by atoms with Crippen LogP contribution in [0, 0.1) is 0 Å². The maximum Gasteiger partial charge on any atom is 0.255 e. The smallest absolute Gasteiger partial charge is 0.255 e. The van der Waals surface area contributed by atoms with Crippen molar-refractivity contribution in [1.29, 1.82) is 0 Å². The van der Waals surface area contributed by atoms with Crippen molar-refractivity contribution in [3.8, 4) is 0 Å². The van der Waals surface area contributed by atoms with Gasteiger partial charge in [-0.1, -0.05) is 11.6 Å². The summed E-state index contributed by atoms with van der Waals surface area (Å²) in [6.45, 7) is 0.0937. The second-order valence-electron chi connectivity index (χ2n) is 4.18. The second-order valence-corrected chi connectivity index (χ2v) is 5.44. The van der Waals surface area contributed by atoms with Crippen LogP contribution in [0.3, 0.4) is 0 Å². The molecule has 0 fully saturated rings. The number of halogens is 2. The van der Waals surface area contributed by atoms with Gasteiger partial charge in [0.15, 0.2) is 0 Å². The number of hydrogen-bond acceptors (Lipinski definition) is 3. The van der Waals surface area contributed by atoms with E-state index in [-0.39, 0.29) is 18.4 Å². The van der Waals surface area contributed by atoms with Gasteiger partial charge in [0, 0.05) is 23.3 Å². The van der Waals surface area contributed by atoms with Gasteiger partial charge in [0.2, 0.25) is 5.91 Å². The molecule has 2 aromatic rings. The second kappa shape index (κ2) is 6.73. The third kappa shape index (κ3) is 4.05. The van der Waals surface area contributed by atoms with E-state index < -0.39 is 0 Å². The Morgan fingerprint density at radius 3 is 2.86 bits per heavy atom. The fraction of sp³-hybridized carbons (Fsp3) is 0.154. The van der Waals surface area contributed by atoms with Crippen molar-refractivity contribution in [3.05, 3.63) is 45.7 Å². The molecule has 6 nitrogen and oxygen atoms in total. The number of hydrogen-bond donors (Lipinski definition) is 2. The zero-order chi connectivity index (χ0) is 15.4. The Morgan fingerprint density at radius 2 is 2.19 bits per heavy atom. The number of carbonyl (C=O) groups is 2. The van der Waals surface area contributed by atoms with Crippen LogP contribution in [0.25, 0.3) is 0 Å². The molecule has 0 aliphatic carbocycles. The summed E-state index contributed by atoms with van der Waals surface area (Å²) in [7, 11) is 1.55. The van der Waals surface area contributed by atoms with E-state index in [1.807, 2.05) is 0 Å². The van der Waals surface area contributed by atoms with E-state index in [0.717, 1.165) is 4.47 Å². The Kier molecular flexibility index (Phi) is 4.98. The van der Waals surface area contributed by atoms with Gasteiger partial charge in [0.25, 0.3) is 5.91 Å². The van der Waals surface area contributed by atoms with E-state index in [1.165, 1.54) is 10.9 Å². The van der Waals surface area contributed by atoms with Crippen LogP contribution in [0.5, 0.6) is 0 Å². The zero-order valence-corrected chi connectivity index (χ0v) is 13.4. The van der Waals surface area contributed by atoms with E-state index in [4.69, 9.17) is 11.6 Å². The monoisotopic (exact) mass is 370 g/mol. The van der Waals surface area contributed by atoms with Gasteiger partial charge in [-0.25, -0.2) is 0 Å². The number of amides is 2. The van der Waals surface area contributed by atoms with Gasteiger partial charge in [-0.15, -0.1) is 0 Å². The van der Waals surface area contributed by atoms with E-state index in [1.54, 1.807) is 31.4 Å². The maximum atomic E-state index is 12.1. The summed E-state index contributed by atoms with van der Waals surface area (Å²) in [6, 6.07) is 4.92. The van der Waals surface area contributed by atoms with Crippen molar-refractivity contribution < 1.29 is 9.59 Å². The molecule has 8 heteroatoms. The summed E-state index contributed by atoms with van der Waals surface area (Å²) in [6.07, 6.45) is 3.05. The molecule has 110 valence electrons. The molecular weight excluding hydrogens is 360 g/mol. The summed E-state index contributed by atoms with van der Waals surface area (Å²) in [5.41, 5.74) is 0.935. The molecule has 0 spiro atoms. The molecule has 1 heterocycles. The molecule has 0 saturated heterocycles. The third-order valence-electron chi connectivity index (χ3n) is 2.66. The van der Waals surface area contributed by atoms with Crippen molar-refractivity contribution >= 4 is 45.0 Å². The van der Waals surface area contributed by atoms with Crippen LogP contribution in [0.2, 0.25) is 5.02 Å². The average Bonchev–Trinajstić information content (AvgIpc) is 2.88. The predicted octanol–water partition coefficient (Wildman–Crippen LogP) is 2.30. The first-order valence-corrected chi connectivity index (χ1v) is 7.16. The van der Waals surface area contributed by atoms with E-state index in [0.29, 0.717) is 16.3 Å². The van der Waals surface area contributed by atoms with E-state index in [9.17, 15) is 9.59 Å². The fourth-order valence-electron chi connectivity index (χ4n) is 1.58. The number of aromatic nitrogens is 2. The lowest BCUT2D eigenvalue weighted by Crippen LogP contribution is -2.23. The molecule has 0 aliphatic rings. The van der Waals surface area contributed by atoms with Crippen LogP contribution >= 0.6 is 27.5 Å². The Balaban J connectivity index is 2.05. The highest BCUT2D eigenvalue weighted by molar-refractivity contribution is 9.10. The number of nitrogens with one attached hydrogen (secondary N) is 2. The maximum absolute atomic E-state index is 12.1. The number of rotatable bonds is 4. The number of likely N-dealkylation sites (N-methyl/N-ethyl adjacent to an activating group) is 1. The quantitative estimate of drug-likeness (QED) is 0.866. The van der Waals surface area contributed by atoms with Crippen molar-refractivity contribution in [2.45, 2.75) is 6.54 Å². The molecule has 2 rings (SSSR count). The lowest BCUT2D eigenvalue weighted by molar-refractivity contribution is -0.121. The van der Waals surface area contributed by atoms with Gasteiger partial charge < -0.3 is 10.6 Å². The number of anilines is 1. The topological polar surface area (TPSA) is 76.0 Å². The Hall–Kier alpha value is -1.86. The normalized spacial score (nSPS) is 10.2. The van der Waals surface area contributed by atoms with Crippen LogP contribution in [0.4, 0.5) is 5.69 Å². The van der Waals surface area contributed by atoms with Crippen LogP contribution in [-0.4, -0.2) is 28.6 Å². The standard InChI is InChI=1S/C13H12BrClN4O2/c1-16-12(20)7-19-6-9(5-17-19)18-13(21)8-2-3-10(14)11(15)4-8/h2-6H,7H2,1H3,(H,16,20)(H,18,21). The highest BCUT2D eigenvalue weighted by Gasteiger charge is 2.10. The van der Waals surface area contributed by atoms with Crippen molar-refractivity contribution in [3.63, 3.8) is 0 Å². The van der Waals surface area contributed by atoms with Crippen LogP contribution < -0.4 is 10.6 Å². The molecular formula is C13H12BrClN4O2. The number of nitrogens with zero attached hydrogens (tertiary/aromatic N) is 2. The fourth-order valence-corrected chi connectivity index (χ4v) is 2.01.